The van der Waals surface area contributed by atoms with Crippen molar-refractivity contribution in [3.05, 3.63) is 52.7 Å². The monoisotopic (exact) mass is 264 g/mol. The molecular weight excluding hydrogens is 248 g/mol. The highest BCUT2D eigenvalue weighted by atomic mass is 15.0. The first kappa shape index (κ1) is 12.6. The van der Waals surface area contributed by atoms with E-state index in [1.165, 1.54) is 11.1 Å². The molecule has 4 nitrogen and oxygen atoms in total. The number of fused-ring (bicyclic) bond motifs is 1. The Kier molecular flexibility index (Phi) is 3.36. The Morgan fingerprint density at radius 1 is 1.30 bits per heavy atom. The van der Waals surface area contributed by atoms with Crippen LogP contribution in [0, 0.1) is 18.3 Å². The molecule has 0 unspecified atom stereocenters. The molecule has 0 bridgehead atoms. The van der Waals surface area contributed by atoms with E-state index in [2.05, 4.69) is 33.8 Å². The van der Waals surface area contributed by atoms with Crippen LogP contribution in [0.1, 0.15) is 22.4 Å². The predicted molar refractivity (Wildman–Crippen MR) is 78.8 cm³/mol. The van der Waals surface area contributed by atoms with Crippen LogP contribution < -0.4 is 10.6 Å². The van der Waals surface area contributed by atoms with Gasteiger partial charge in [-0.05, 0) is 49.2 Å². The van der Waals surface area contributed by atoms with Crippen LogP contribution in [0.3, 0.4) is 0 Å². The lowest BCUT2D eigenvalue weighted by atomic mass is 9.99. The van der Waals surface area contributed by atoms with Crippen LogP contribution in [0.15, 0.2) is 30.3 Å². The van der Waals surface area contributed by atoms with E-state index in [4.69, 9.17) is 0 Å². The van der Waals surface area contributed by atoms with Crippen molar-refractivity contribution in [2.24, 2.45) is 0 Å². The average Bonchev–Trinajstić information content (AvgIpc) is 2.48. The Bertz CT molecular complexity index is 685. The Balaban J connectivity index is 2.00. The highest BCUT2D eigenvalue weighted by molar-refractivity contribution is 5.67. The van der Waals surface area contributed by atoms with Gasteiger partial charge in [-0.25, -0.2) is 4.98 Å². The molecule has 1 aromatic carbocycles. The van der Waals surface area contributed by atoms with Crippen molar-refractivity contribution in [3.8, 4) is 6.07 Å². The van der Waals surface area contributed by atoms with Gasteiger partial charge in [0, 0.05) is 17.9 Å². The summed E-state index contributed by atoms with van der Waals surface area (Å²) in [7, 11) is 0. The molecule has 3 rings (SSSR count). The molecule has 20 heavy (non-hydrogen) atoms. The summed E-state index contributed by atoms with van der Waals surface area (Å²) in [5, 5.41) is 15.9. The van der Waals surface area contributed by atoms with Gasteiger partial charge in [-0.2, -0.15) is 5.26 Å². The summed E-state index contributed by atoms with van der Waals surface area (Å²) in [6, 6.07) is 12.1. The summed E-state index contributed by atoms with van der Waals surface area (Å²) >= 11 is 0. The van der Waals surface area contributed by atoms with Crippen molar-refractivity contribution in [1.82, 2.24) is 10.3 Å². The number of anilines is 2. The zero-order chi connectivity index (χ0) is 13.9. The van der Waals surface area contributed by atoms with Crippen LogP contribution in [-0.4, -0.2) is 11.5 Å². The molecule has 100 valence electrons. The SMILES string of the molecule is Cc1ccc(C#N)c(Nc2cccc3c2CCNC3)n1. The van der Waals surface area contributed by atoms with Crippen molar-refractivity contribution >= 4 is 11.5 Å². The largest absolute Gasteiger partial charge is 0.339 e. The molecule has 1 aliphatic heterocycles. The van der Waals surface area contributed by atoms with Crippen LogP contribution in [0.2, 0.25) is 0 Å². The standard InChI is InChI=1S/C16H16N4/c1-11-5-6-12(9-17)16(19-11)20-15-4-2-3-13-10-18-8-7-14(13)15/h2-6,18H,7-8,10H2,1H3,(H,19,20). The Morgan fingerprint density at radius 2 is 2.20 bits per heavy atom. The molecule has 0 saturated heterocycles. The van der Waals surface area contributed by atoms with Gasteiger partial charge in [0.2, 0.25) is 0 Å². The fourth-order valence-electron chi connectivity index (χ4n) is 2.52. The van der Waals surface area contributed by atoms with E-state index >= 15 is 0 Å². The summed E-state index contributed by atoms with van der Waals surface area (Å²) in [5.74, 6) is 0.638. The van der Waals surface area contributed by atoms with E-state index < -0.39 is 0 Å². The lowest BCUT2D eigenvalue weighted by Crippen LogP contribution is -2.24. The molecule has 2 N–H and O–H groups in total. The molecule has 0 spiro atoms. The minimum Gasteiger partial charge on any atom is -0.339 e. The van der Waals surface area contributed by atoms with Gasteiger partial charge in [-0.1, -0.05) is 12.1 Å². The highest BCUT2D eigenvalue weighted by Crippen LogP contribution is 2.27. The number of rotatable bonds is 2. The van der Waals surface area contributed by atoms with Gasteiger partial charge in [-0.3, -0.25) is 0 Å². The van der Waals surface area contributed by atoms with Gasteiger partial charge in [0.1, 0.15) is 11.9 Å². The van der Waals surface area contributed by atoms with Crippen molar-refractivity contribution in [1.29, 1.82) is 5.26 Å². The predicted octanol–water partition coefficient (Wildman–Crippen LogP) is 2.65. The van der Waals surface area contributed by atoms with Crippen molar-refractivity contribution < 1.29 is 0 Å². The van der Waals surface area contributed by atoms with Crippen LogP contribution >= 0.6 is 0 Å². The van der Waals surface area contributed by atoms with Gasteiger partial charge in [-0.15, -0.1) is 0 Å². The maximum absolute atomic E-state index is 9.19. The molecule has 4 heteroatoms. The Labute approximate surface area is 118 Å². The zero-order valence-corrected chi connectivity index (χ0v) is 11.4. The van der Waals surface area contributed by atoms with E-state index in [1.807, 2.05) is 25.1 Å². The summed E-state index contributed by atoms with van der Waals surface area (Å²) in [4.78, 5) is 4.44. The molecule has 2 aromatic rings. The topological polar surface area (TPSA) is 60.7 Å². The Hall–Kier alpha value is -2.38. The molecule has 2 heterocycles. The van der Waals surface area contributed by atoms with Crippen LogP contribution in [0.5, 0.6) is 0 Å². The van der Waals surface area contributed by atoms with Crippen molar-refractivity contribution in [2.75, 3.05) is 11.9 Å². The van der Waals surface area contributed by atoms with Crippen molar-refractivity contribution in [3.63, 3.8) is 0 Å². The van der Waals surface area contributed by atoms with Gasteiger partial charge >= 0.3 is 0 Å². The number of aryl methyl sites for hydroxylation is 1. The molecule has 1 aromatic heterocycles. The maximum Gasteiger partial charge on any atom is 0.148 e. The van der Waals surface area contributed by atoms with E-state index in [0.29, 0.717) is 11.4 Å². The van der Waals surface area contributed by atoms with Crippen LogP contribution in [0.4, 0.5) is 11.5 Å². The van der Waals surface area contributed by atoms with E-state index in [-0.39, 0.29) is 0 Å². The molecular formula is C16H16N4. The van der Waals surface area contributed by atoms with Crippen molar-refractivity contribution in [2.45, 2.75) is 19.9 Å². The second kappa shape index (κ2) is 5.32. The summed E-state index contributed by atoms with van der Waals surface area (Å²) in [6.07, 6.45) is 0.992. The molecule has 0 aliphatic carbocycles. The molecule has 0 radical (unpaired) electrons. The minimum atomic E-state index is 0.571. The highest BCUT2D eigenvalue weighted by Gasteiger charge is 2.14. The number of nitrogens with one attached hydrogen (secondary N) is 2. The summed E-state index contributed by atoms with van der Waals surface area (Å²) in [5.41, 5.74) is 5.16. The van der Waals surface area contributed by atoms with E-state index in [1.54, 1.807) is 0 Å². The number of benzene rings is 1. The number of hydrogen-bond donors (Lipinski definition) is 2. The Morgan fingerprint density at radius 3 is 3.05 bits per heavy atom. The zero-order valence-electron chi connectivity index (χ0n) is 11.4. The third-order valence-electron chi connectivity index (χ3n) is 3.55. The first-order valence-corrected chi connectivity index (χ1v) is 6.74. The lowest BCUT2D eigenvalue weighted by Gasteiger charge is -2.21. The number of pyridine rings is 1. The number of hydrogen-bond acceptors (Lipinski definition) is 4. The normalized spacial score (nSPS) is 13.4. The first-order chi connectivity index (χ1) is 9.78. The van der Waals surface area contributed by atoms with Gasteiger partial charge in [0.25, 0.3) is 0 Å². The molecule has 0 amide bonds. The third kappa shape index (κ3) is 2.36. The van der Waals surface area contributed by atoms with Gasteiger partial charge < -0.3 is 10.6 Å². The molecule has 1 aliphatic rings. The van der Waals surface area contributed by atoms with E-state index in [0.717, 1.165) is 30.9 Å². The fourth-order valence-corrected chi connectivity index (χ4v) is 2.52. The smallest absolute Gasteiger partial charge is 0.148 e. The summed E-state index contributed by atoms with van der Waals surface area (Å²) < 4.78 is 0. The molecule has 0 atom stereocenters. The summed E-state index contributed by atoms with van der Waals surface area (Å²) in [6.45, 7) is 3.81. The second-order valence-electron chi connectivity index (χ2n) is 4.96. The number of nitriles is 1. The second-order valence-corrected chi connectivity index (χ2v) is 4.96. The number of aromatic nitrogens is 1. The molecule has 0 fully saturated rings. The molecule has 0 saturated carbocycles. The van der Waals surface area contributed by atoms with Gasteiger partial charge in [0.15, 0.2) is 0 Å². The fraction of sp³-hybridized carbons (Fsp3) is 0.250. The number of nitrogens with zero attached hydrogens (tertiary/aromatic N) is 2. The quantitative estimate of drug-likeness (QED) is 0.875. The van der Waals surface area contributed by atoms with Crippen LogP contribution in [-0.2, 0) is 13.0 Å². The first-order valence-electron chi connectivity index (χ1n) is 6.74. The maximum atomic E-state index is 9.19. The average molecular weight is 264 g/mol. The van der Waals surface area contributed by atoms with Gasteiger partial charge in [0.05, 0.1) is 5.56 Å². The van der Waals surface area contributed by atoms with Crippen LogP contribution in [0.25, 0.3) is 0 Å². The minimum absolute atomic E-state index is 0.571. The lowest BCUT2D eigenvalue weighted by molar-refractivity contribution is 0.645. The van der Waals surface area contributed by atoms with E-state index in [9.17, 15) is 5.26 Å². The third-order valence-corrected chi connectivity index (χ3v) is 3.55.